The number of nitrogens with two attached hydrogens (primary N) is 1. The minimum Gasteiger partial charge on any atom is -0.324 e. The molecule has 0 aliphatic heterocycles. The molecule has 0 saturated carbocycles. The Balaban J connectivity index is 2.92. The van der Waals surface area contributed by atoms with E-state index in [0.717, 1.165) is 17.0 Å². The second-order valence-electron chi connectivity index (χ2n) is 5.12. The van der Waals surface area contributed by atoms with E-state index in [2.05, 4.69) is 45.7 Å². The van der Waals surface area contributed by atoms with E-state index in [1.54, 1.807) is 11.8 Å². The summed E-state index contributed by atoms with van der Waals surface area (Å²) in [7, 11) is 0. The van der Waals surface area contributed by atoms with Gasteiger partial charge in [-0.25, -0.2) is 4.98 Å². The molecule has 1 rings (SSSR count). The third-order valence-corrected chi connectivity index (χ3v) is 3.56. The summed E-state index contributed by atoms with van der Waals surface area (Å²) >= 11 is 1.80. The predicted octanol–water partition coefficient (Wildman–Crippen LogP) is 3.69. The molecule has 3 heteroatoms. The maximum atomic E-state index is 5.99. The molecule has 0 aliphatic rings. The van der Waals surface area contributed by atoms with E-state index in [9.17, 15) is 0 Å². The molecule has 0 bridgehead atoms. The van der Waals surface area contributed by atoms with Crippen LogP contribution in [0.5, 0.6) is 0 Å². The summed E-state index contributed by atoms with van der Waals surface area (Å²) in [5.41, 5.74) is 8.35. The highest BCUT2D eigenvalue weighted by molar-refractivity contribution is 8.00. The Bertz CT molecular complexity index is 355. The lowest BCUT2D eigenvalue weighted by Gasteiger charge is -2.19. The molecule has 2 nitrogen and oxygen atoms in total. The van der Waals surface area contributed by atoms with Gasteiger partial charge >= 0.3 is 0 Å². The zero-order chi connectivity index (χ0) is 12.3. The molecule has 16 heavy (non-hydrogen) atoms. The summed E-state index contributed by atoms with van der Waals surface area (Å²) in [5.74, 6) is 0. The molecule has 0 spiro atoms. The number of aromatic nitrogens is 1. The van der Waals surface area contributed by atoms with Gasteiger partial charge in [0.1, 0.15) is 0 Å². The summed E-state index contributed by atoms with van der Waals surface area (Å²) in [6, 6.07) is 2.27. The van der Waals surface area contributed by atoms with Crippen molar-refractivity contribution in [1.82, 2.24) is 4.98 Å². The molecule has 0 aliphatic carbocycles. The maximum Gasteiger partial charge on any atom is 0.0994 e. The van der Waals surface area contributed by atoms with E-state index >= 15 is 0 Å². The van der Waals surface area contributed by atoms with Crippen LogP contribution in [-0.2, 0) is 0 Å². The zero-order valence-corrected chi connectivity index (χ0v) is 11.7. The lowest BCUT2D eigenvalue weighted by Crippen LogP contribution is -2.11. The maximum absolute atomic E-state index is 5.99. The first-order chi connectivity index (χ1) is 7.33. The van der Waals surface area contributed by atoms with Crippen molar-refractivity contribution in [2.45, 2.75) is 56.9 Å². The molecule has 1 aromatic rings. The van der Waals surface area contributed by atoms with Crippen LogP contribution in [0.4, 0.5) is 0 Å². The first kappa shape index (κ1) is 13.5. The van der Waals surface area contributed by atoms with Crippen LogP contribution in [-0.4, -0.2) is 9.73 Å². The van der Waals surface area contributed by atoms with Crippen LogP contribution in [0.2, 0.25) is 0 Å². The number of thioether (sulfide) groups is 1. The molecule has 2 N–H and O–H groups in total. The third-order valence-electron chi connectivity index (χ3n) is 2.32. The Morgan fingerprint density at radius 3 is 2.50 bits per heavy atom. The van der Waals surface area contributed by atoms with Gasteiger partial charge in [0.25, 0.3) is 0 Å². The van der Waals surface area contributed by atoms with Crippen molar-refractivity contribution in [3.63, 3.8) is 0 Å². The highest BCUT2D eigenvalue weighted by atomic mass is 32.2. The van der Waals surface area contributed by atoms with Crippen molar-refractivity contribution in [2.24, 2.45) is 5.73 Å². The van der Waals surface area contributed by atoms with Gasteiger partial charge in [-0.1, -0.05) is 33.8 Å². The fourth-order valence-corrected chi connectivity index (χ4v) is 2.32. The van der Waals surface area contributed by atoms with Crippen molar-refractivity contribution in [2.75, 3.05) is 0 Å². The van der Waals surface area contributed by atoms with Gasteiger partial charge in [0.15, 0.2) is 0 Å². The number of hydrogen-bond acceptors (Lipinski definition) is 3. The molecule has 90 valence electrons. The fourth-order valence-electron chi connectivity index (χ4n) is 1.42. The smallest absolute Gasteiger partial charge is 0.0994 e. The molecule has 0 saturated heterocycles. The second kappa shape index (κ2) is 5.19. The van der Waals surface area contributed by atoms with Gasteiger partial charge in [-0.2, -0.15) is 0 Å². The number of nitrogens with zero attached hydrogens (tertiary/aromatic N) is 1. The first-order valence-electron chi connectivity index (χ1n) is 5.74. The number of pyridine rings is 1. The zero-order valence-electron chi connectivity index (χ0n) is 10.9. The minimum atomic E-state index is 0.111. The van der Waals surface area contributed by atoms with E-state index in [1.165, 1.54) is 5.56 Å². The summed E-state index contributed by atoms with van der Waals surface area (Å²) in [6.45, 7) is 10.8. The standard InChI is InChI=1S/C13H22N2S/c1-6-11(14)10-7-9(2)12(15-8-10)16-13(3,4)5/h7-8,11H,6,14H2,1-5H3. The van der Waals surface area contributed by atoms with Gasteiger partial charge in [0.05, 0.1) is 5.03 Å². The van der Waals surface area contributed by atoms with Crippen LogP contribution in [0.1, 0.15) is 51.3 Å². The molecular weight excluding hydrogens is 216 g/mol. The van der Waals surface area contributed by atoms with Gasteiger partial charge < -0.3 is 5.73 Å². The summed E-state index contributed by atoms with van der Waals surface area (Å²) in [5, 5.41) is 1.11. The molecule has 0 radical (unpaired) electrons. The van der Waals surface area contributed by atoms with Crippen molar-refractivity contribution in [3.05, 3.63) is 23.4 Å². The Labute approximate surface area is 103 Å². The van der Waals surface area contributed by atoms with Crippen LogP contribution in [0.15, 0.2) is 17.3 Å². The molecule has 0 fully saturated rings. The largest absolute Gasteiger partial charge is 0.324 e. The van der Waals surface area contributed by atoms with Crippen LogP contribution >= 0.6 is 11.8 Å². The van der Waals surface area contributed by atoms with Crippen LogP contribution < -0.4 is 5.73 Å². The van der Waals surface area contributed by atoms with Crippen LogP contribution in [0.25, 0.3) is 0 Å². The van der Waals surface area contributed by atoms with Crippen LogP contribution in [0, 0.1) is 6.92 Å². The van der Waals surface area contributed by atoms with Gasteiger partial charge in [0.2, 0.25) is 0 Å². The SMILES string of the molecule is CCC(N)c1cnc(SC(C)(C)C)c(C)c1. The Morgan fingerprint density at radius 1 is 1.44 bits per heavy atom. The Morgan fingerprint density at radius 2 is 2.06 bits per heavy atom. The lowest BCUT2D eigenvalue weighted by molar-refractivity contribution is 0.691. The first-order valence-corrected chi connectivity index (χ1v) is 6.56. The van der Waals surface area contributed by atoms with Crippen molar-refractivity contribution in [1.29, 1.82) is 0 Å². The highest BCUT2D eigenvalue weighted by Crippen LogP contribution is 2.33. The van der Waals surface area contributed by atoms with Crippen LogP contribution in [0.3, 0.4) is 0 Å². The van der Waals surface area contributed by atoms with Crippen molar-refractivity contribution >= 4 is 11.8 Å². The quantitative estimate of drug-likeness (QED) is 0.816. The number of aryl methyl sites for hydroxylation is 1. The van der Waals surface area contributed by atoms with Gasteiger partial charge in [0, 0.05) is 17.0 Å². The van der Waals surface area contributed by atoms with E-state index in [1.807, 2.05) is 6.20 Å². The van der Waals surface area contributed by atoms with Gasteiger partial charge in [-0.05, 0) is 24.5 Å². The van der Waals surface area contributed by atoms with Gasteiger partial charge in [-0.3, -0.25) is 0 Å². The number of hydrogen-bond donors (Lipinski definition) is 1. The molecule has 1 atom stereocenters. The number of rotatable bonds is 3. The lowest BCUT2D eigenvalue weighted by atomic mass is 10.1. The molecule has 1 unspecified atom stereocenters. The van der Waals surface area contributed by atoms with E-state index in [4.69, 9.17) is 5.73 Å². The average Bonchev–Trinajstić information content (AvgIpc) is 2.18. The molecule has 0 amide bonds. The Hall–Kier alpha value is -0.540. The third kappa shape index (κ3) is 3.80. The van der Waals surface area contributed by atoms with Crippen molar-refractivity contribution < 1.29 is 0 Å². The monoisotopic (exact) mass is 238 g/mol. The summed E-state index contributed by atoms with van der Waals surface area (Å²) < 4.78 is 0.201. The normalized spacial score (nSPS) is 13.9. The minimum absolute atomic E-state index is 0.111. The highest BCUT2D eigenvalue weighted by Gasteiger charge is 2.15. The van der Waals surface area contributed by atoms with E-state index < -0.39 is 0 Å². The molecule has 1 aromatic heterocycles. The second-order valence-corrected chi connectivity index (χ2v) is 6.94. The van der Waals surface area contributed by atoms with Gasteiger partial charge in [-0.15, -0.1) is 11.8 Å². The summed E-state index contributed by atoms with van der Waals surface area (Å²) in [6.07, 6.45) is 2.86. The molecular formula is C13H22N2S. The van der Waals surface area contributed by atoms with E-state index in [0.29, 0.717) is 0 Å². The van der Waals surface area contributed by atoms with Crippen molar-refractivity contribution in [3.8, 4) is 0 Å². The van der Waals surface area contributed by atoms with E-state index in [-0.39, 0.29) is 10.8 Å². The summed E-state index contributed by atoms with van der Waals surface area (Å²) in [4.78, 5) is 4.52. The predicted molar refractivity (Wildman–Crippen MR) is 71.8 cm³/mol. The fraction of sp³-hybridized carbons (Fsp3) is 0.615. The molecule has 1 heterocycles. The average molecular weight is 238 g/mol. The molecule has 0 aromatic carbocycles. The topological polar surface area (TPSA) is 38.9 Å². The Kier molecular flexibility index (Phi) is 4.39.